The van der Waals surface area contributed by atoms with Crippen LogP contribution in [-0.2, 0) is 0 Å². The molecule has 0 fully saturated rings. The van der Waals surface area contributed by atoms with Crippen molar-refractivity contribution in [2.75, 3.05) is 5.73 Å². The Hall–Kier alpha value is -3.30. The lowest BCUT2D eigenvalue weighted by atomic mass is 10.1. The van der Waals surface area contributed by atoms with Crippen molar-refractivity contribution >= 4 is 11.4 Å². The van der Waals surface area contributed by atoms with E-state index in [1.807, 2.05) is 0 Å². The summed E-state index contributed by atoms with van der Waals surface area (Å²) >= 11 is 0. The minimum Gasteiger partial charge on any atom is -0.398 e. The van der Waals surface area contributed by atoms with Crippen LogP contribution in [0.5, 0.6) is 0 Å². The molecular weight excluding hydrogens is 266 g/mol. The van der Waals surface area contributed by atoms with Gasteiger partial charge in [0.1, 0.15) is 0 Å². The third-order valence-electron chi connectivity index (χ3n) is 2.55. The van der Waals surface area contributed by atoms with Gasteiger partial charge in [-0.2, -0.15) is 20.4 Å². The summed E-state index contributed by atoms with van der Waals surface area (Å²) in [6, 6.07) is 3.98. The number of benzene rings is 1. The monoisotopic (exact) mass is 273 g/mol. The van der Waals surface area contributed by atoms with E-state index in [1.165, 1.54) is 24.4 Å². The van der Waals surface area contributed by atoms with Gasteiger partial charge in [-0.3, -0.25) is 10.1 Å². The van der Waals surface area contributed by atoms with E-state index in [-0.39, 0.29) is 17.4 Å². The van der Waals surface area contributed by atoms with Gasteiger partial charge >= 0.3 is 0 Å². The largest absolute Gasteiger partial charge is 0.398 e. The topological polar surface area (TPSA) is 150 Å². The van der Waals surface area contributed by atoms with E-state index in [2.05, 4.69) is 25.6 Å². The van der Waals surface area contributed by atoms with Crippen molar-refractivity contribution in [3.63, 3.8) is 0 Å². The summed E-state index contributed by atoms with van der Waals surface area (Å²) in [6.07, 6.45) is 1.42. The highest BCUT2D eigenvalue weighted by atomic mass is 16.6. The predicted molar refractivity (Wildman–Crippen MR) is 66.2 cm³/mol. The molecule has 10 nitrogen and oxygen atoms in total. The van der Waals surface area contributed by atoms with E-state index in [4.69, 9.17) is 10.3 Å². The van der Waals surface area contributed by atoms with E-state index in [1.54, 1.807) is 0 Å². The summed E-state index contributed by atoms with van der Waals surface area (Å²) in [5.74, 6) is 0.281. The summed E-state index contributed by atoms with van der Waals surface area (Å²) in [7, 11) is 0. The van der Waals surface area contributed by atoms with Crippen molar-refractivity contribution in [2.24, 2.45) is 0 Å². The van der Waals surface area contributed by atoms with Crippen LogP contribution in [0.15, 0.2) is 28.9 Å². The van der Waals surface area contributed by atoms with Crippen LogP contribution in [0.4, 0.5) is 11.4 Å². The number of hydrogen-bond donors (Lipinski definition) is 2. The number of hydrogen-bond acceptors (Lipinski definition) is 8. The fourth-order valence-corrected chi connectivity index (χ4v) is 1.59. The highest BCUT2D eigenvalue weighted by Crippen LogP contribution is 2.29. The van der Waals surface area contributed by atoms with Crippen molar-refractivity contribution in [3.05, 3.63) is 34.5 Å². The Labute approximate surface area is 110 Å². The van der Waals surface area contributed by atoms with E-state index in [9.17, 15) is 10.1 Å². The maximum absolute atomic E-state index is 10.8. The summed E-state index contributed by atoms with van der Waals surface area (Å²) in [5, 5.41) is 24.3. The smallest absolute Gasteiger partial charge is 0.270 e. The molecule has 0 saturated heterocycles. The minimum atomic E-state index is -0.530. The standard InChI is InChI=1S/C10H7N7O3/c11-7-2-1-5(17(18)19)3-6(7)10-13-9(15-20-10)8-4-12-16-14-8/h1-4H,11H2,(H,12,14,16). The first-order chi connectivity index (χ1) is 9.65. The van der Waals surface area contributed by atoms with E-state index in [0.29, 0.717) is 16.9 Å². The van der Waals surface area contributed by atoms with Crippen LogP contribution in [-0.4, -0.2) is 30.5 Å². The molecule has 0 saturated carbocycles. The lowest BCUT2D eigenvalue weighted by molar-refractivity contribution is -0.384. The molecule has 2 aromatic heterocycles. The van der Waals surface area contributed by atoms with Crippen LogP contribution in [0.25, 0.3) is 23.0 Å². The van der Waals surface area contributed by atoms with Crippen molar-refractivity contribution in [1.82, 2.24) is 25.6 Å². The third-order valence-corrected chi connectivity index (χ3v) is 2.55. The number of nitrogen functional groups attached to an aromatic ring is 1. The first-order valence-corrected chi connectivity index (χ1v) is 5.39. The van der Waals surface area contributed by atoms with Gasteiger partial charge in [0.2, 0.25) is 5.82 Å². The molecule has 0 unspecified atom stereocenters. The number of H-pyrrole nitrogens is 1. The zero-order chi connectivity index (χ0) is 14.1. The Kier molecular flexibility index (Phi) is 2.60. The molecule has 1 aromatic carbocycles. The SMILES string of the molecule is Nc1ccc([N+](=O)[O-])cc1-c1nc(-c2cn[nH]n2)no1. The van der Waals surface area contributed by atoms with Crippen molar-refractivity contribution in [3.8, 4) is 23.0 Å². The van der Waals surface area contributed by atoms with Crippen LogP contribution in [0.3, 0.4) is 0 Å². The molecule has 0 aliphatic rings. The first-order valence-electron chi connectivity index (χ1n) is 5.39. The number of nitrogens with one attached hydrogen (secondary N) is 1. The molecule has 0 atom stereocenters. The van der Waals surface area contributed by atoms with Crippen LogP contribution in [0.2, 0.25) is 0 Å². The fraction of sp³-hybridized carbons (Fsp3) is 0. The Morgan fingerprint density at radius 3 is 2.95 bits per heavy atom. The zero-order valence-corrected chi connectivity index (χ0v) is 9.85. The normalized spacial score (nSPS) is 10.6. The molecule has 3 rings (SSSR count). The zero-order valence-electron chi connectivity index (χ0n) is 9.85. The molecule has 0 bridgehead atoms. The molecule has 3 N–H and O–H groups in total. The molecular formula is C10H7N7O3. The molecule has 3 aromatic rings. The number of anilines is 1. The third kappa shape index (κ3) is 1.94. The van der Waals surface area contributed by atoms with E-state index >= 15 is 0 Å². The number of nitro benzene ring substituents is 1. The highest BCUT2D eigenvalue weighted by molar-refractivity contribution is 5.73. The van der Waals surface area contributed by atoms with Gasteiger partial charge < -0.3 is 10.3 Å². The fourth-order valence-electron chi connectivity index (χ4n) is 1.59. The van der Waals surface area contributed by atoms with Gasteiger partial charge in [0, 0.05) is 17.8 Å². The van der Waals surface area contributed by atoms with Crippen LogP contribution in [0.1, 0.15) is 0 Å². The molecule has 0 amide bonds. The Bertz CT molecular complexity index is 765. The minimum absolute atomic E-state index is 0.0733. The van der Waals surface area contributed by atoms with Crippen LogP contribution >= 0.6 is 0 Å². The van der Waals surface area contributed by atoms with Crippen molar-refractivity contribution < 1.29 is 9.45 Å². The Morgan fingerprint density at radius 2 is 2.25 bits per heavy atom. The number of aromatic nitrogens is 5. The van der Waals surface area contributed by atoms with Crippen molar-refractivity contribution in [2.45, 2.75) is 0 Å². The second-order valence-corrected chi connectivity index (χ2v) is 3.81. The number of nitrogens with two attached hydrogens (primary N) is 1. The lowest BCUT2D eigenvalue weighted by Crippen LogP contribution is -1.94. The highest BCUT2D eigenvalue weighted by Gasteiger charge is 2.17. The second kappa shape index (κ2) is 4.42. The average molecular weight is 273 g/mol. The van der Waals surface area contributed by atoms with Gasteiger partial charge in [-0.05, 0) is 6.07 Å². The molecule has 20 heavy (non-hydrogen) atoms. The molecule has 0 radical (unpaired) electrons. The van der Waals surface area contributed by atoms with Gasteiger partial charge in [-0.25, -0.2) is 0 Å². The number of non-ortho nitro benzene ring substituents is 1. The van der Waals surface area contributed by atoms with Gasteiger partial charge in [0.05, 0.1) is 16.7 Å². The van der Waals surface area contributed by atoms with Gasteiger partial charge in [0.25, 0.3) is 11.6 Å². The number of nitrogens with zero attached hydrogens (tertiary/aromatic N) is 5. The Morgan fingerprint density at radius 1 is 1.40 bits per heavy atom. The molecule has 0 aliphatic carbocycles. The molecule has 0 aliphatic heterocycles. The molecule has 10 heteroatoms. The number of aromatic amines is 1. The lowest BCUT2D eigenvalue weighted by Gasteiger charge is -1.99. The number of rotatable bonds is 3. The number of nitro groups is 1. The second-order valence-electron chi connectivity index (χ2n) is 3.81. The average Bonchev–Trinajstić information content (AvgIpc) is 3.10. The Balaban J connectivity index is 2.05. The van der Waals surface area contributed by atoms with Crippen molar-refractivity contribution in [1.29, 1.82) is 0 Å². The maximum Gasteiger partial charge on any atom is 0.270 e. The van der Waals surface area contributed by atoms with Gasteiger partial charge in [-0.15, -0.1) is 0 Å². The molecule has 2 heterocycles. The summed E-state index contributed by atoms with van der Waals surface area (Å²) in [5.41, 5.74) is 6.63. The molecule has 100 valence electrons. The quantitative estimate of drug-likeness (QED) is 0.407. The van der Waals surface area contributed by atoms with Gasteiger partial charge in [-0.1, -0.05) is 5.16 Å². The van der Waals surface area contributed by atoms with Crippen LogP contribution < -0.4 is 5.73 Å². The first kappa shape index (κ1) is 11.8. The predicted octanol–water partition coefficient (Wildman–Crippen LogP) is 1.01. The summed E-state index contributed by atoms with van der Waals surface area (Å²) in [6.45, 7) is 0. The summed E-state index contributed by atoms with van der Waals surface area (Å²) in [4.78, 5) is 14.3. The van der Waals surface area contributed by atoms with Gasteiger partial charge in [0.15, 0.2) is 5.69 Å². The van der Waals surface area contributed by atoms with E-state index < -0.39 is 4.92 Å². The maximum atomic E-state index is 10.8. The summed E-state index contributed by atoms with van der Waals surface area (Å²) < 4.78 is 5.04. The van der Waals surface area contributed by atoms with Crippen LogP contribution in [0, 0.1) is 10.1 Å². The van der Waals surface area contributed by atoms with E-state index in [0.717, 1.165) is 0 Å². The molecule has 0 spiro atoms.